The van der Waals surface area contributed by atoms with Crippen molar-refractivity contribution in [3.05, 3.63) is 99.3 Å². The quantitative estimate of drug-likeness (QED) is 0.238. The number of halogens is 2. The van der Waals surface area contributed by atoms with E-state index in [0.717, 1.165) is 17.1 Å². The van der Waals surface area contributed by atoms with Crippen molar-refractivity contribution in [1.82, 2.24) is 14.7 Å². The first kappa shape index (κ1) is 26.5. The number of fused-ring (bicyclic) bond motifs is 1. The van der Waals surface area contributed by atoms with Gasteiger partial charge in [0.25, 0.3) is 5.91 Å². The number of carbonyl (C=O) groups is 2. The van der Waals surface area contributed by atoms with Crippen LogP contribution < -0.4 is 10.6 Å². The van der Waals surface area contributed by atoms with Crippen molar-refractivity contribution in [3.8, 4) is 0 Å². The maximum absolute atomic E-state index is 13.5. The van der Waals surface area contributed by atoms with Crippen LogP contribution in [0.3, 0.4) is 0 Å². The first-order valence-electron chi connectivity index (χ1n) is 11.8. The molecular formula is C28H28Cl2N4O3. The number of imidazole rings is 1. The van der Waals surface area contributed by atoms with Crippen LogP contribution in [0.2, 0.25) is 10.0 Å². The minimum Gasteiger partial charge on any atom is -0.481 e. The molecule has 1 amide bonds. The van der Waals surface area contributed by atoms with Crippen molar-refractivity contribution < 1.29 is 14.7 Å². The summed E-state index contributed by atoms with van der Waals surface area (Å²) in [7, 11) is 0. The standard InChI is InChI=1S/C28H28Cl2N4O3/c1-28(2,3)24-26(31-16-17-8-5-4-6-9-17)34-13-7-10-19(25(34)33-24)27(37)32-22(15-23(35)36)18-11-12-20(29)21(30)14-18/h4-14,22,31H,15-16H2,1-3H3,(H,32,37)(H,35,36). The first-order valence-corrected chi connectivity index (χ1v) is 12.6. The number of rotatable bonds is 8. The number of nitrogens with one attached hydrogen (secondary N) is 2. The molecular weight excluding hydrogens is 511 g/mol. The highest BCUT2D eigenvalue weighted by Crippen LogP contribution is 2.32. The molecule has 0 saturated carbocycles. The van der Waals surface area contributed by atoms with Gasteiger partial charge >= 0.3 is 5.97 Å². The molecule has 4 rings (SSSR count). The fourth-order valence-electron chi connectivity index (χ4n) is 4.11. The van der Waals surface area contributed by atoms with E-state index >= 15 is 0 Å². The summed E-state index contributed by atoms with van der Waals surface area (Å²) >= 11 is 12.2. The van der Waals surface area contributed by atoms with Crippen LogP contribution in [-0.2, 0) is 16.8 Å². The number of nitrogens with zero attached hydrogens (tertiary/aromatic N) is 2. The normalized spacial score (nSPS) is 12.4. The molecule has 1 unspecified atom stereocenters. The van der Waals surface area contributed by atoms with Crippen molar-refractivity contribution in [1.29, 1.82) is 0 Å². The Morgan fingerprint density at radius 2 is 1.76 bits per heavy atom. The lowest BCUT2D eigenvalue weighted by atomic mass is 9.92. The van der Waals surface area contributed by atoms with E-state index in [9.17, 15) is 14.7 Å². The zero-order chi connectivity index (χ0) is 26.7. The third-order valence-electron chi connectivity index (χ3n) is 5.94. The summed E-state index contributed by atoms with van der Waals surface area (Å²) in [6, 6.07) is 17.5. The van der Waals surface area contributed by atoms with Crippen molar-refractivity contribution in [2.75, 3.05) is 5.32 Å². The Labute approximate surface area is 225 Å². The fourth-order valence-corrected chi connectivity index (χ4v) is 4.42. The third kappa shape index (κ3) is 6.06. The molecule has 7 nitrogen and oxygen atoms in total. The lowest BCUT2D eigenvalue weighted by molar-refractivity contribution is -0.137. The summed E-state index contributed by atoms with van der Waals surface area (Å²) in [6.45, 7) is 6.78. The molecule has 2 heterocycles. The Kier molecular flexibility index (Phi) is 7.76. The molecule has 2 aromatic carbocycles. The van der Waals surface area contributed by atoms with E-state index < -0.39 is 17.9 Å². The smallest absolute Gasteiger partial charge is 0.305 e. The van der Waals surface area contributed by atoms with Crippen LogP contribution in [0.4, 0.5) is 5.82 Å². The molecule has 0 radical (unpaired) electrons. The second-order valence-electron chi connectivity index (χ2n) is 9.81. The van der Waals surface area contributed by atoms with Gasteiger partial charge in [-0.05, 0) is 35.4 Å². The van der Waals surface area contributed by atoms with Crippen molar-refractivity contribution in [2.24, 2.45) is 0 Å². The molecule has 0 saturated heterocycles. The van der Waals surface area contributed by atoms with Crippen LogP contribution in [0.15, 0.2) is 66.9 Å². The molecule has 0 aliphatic carbocycles. The van der Waals surface area contributed by atoms with E-state index in [1.54, 1.807) is 30.3 Å². The maximum Gasteiger partial charge on any atom is 0.305 e. The van der Waals surface area contributed by atoms with Crippen LogP contribution in [0.1, 0.15) is 60.4 Å². The lowest BCUT2D eigenvalue weighted by Crippen LogP contribution is -2.30. The molecule has 1 atom stereocenters. The molecule has 0 aliphatic rings. The molecule has 0 aliphatic heterocycles. The molecule has 0 fully saturated rings. The van der Waals surface area contributed by atoms with E-state index in [1.165, 1.54) is 0 Å². The molecule has 9 heteroatoms. The van der Waals surface area contributed by atoms with Gasteiger partial charge in [-0.15, -0.1) is 0 Å². The largest absolute Gasteiger partial charge is 0.481 e. The highest BCUT2D eigenvalue weighted by atomic mass is 35.5. The molecule has 3 N–H and O–H groups in total. The van der Waals surface area contributed by atoms with Gasteiger partial charge in [-0.1, -0.05) is 80.4 Å². The average Bonchev–Trinajstić information content (AvgIpc) is 3.24. The average molecular weight is 539 g/mol. The van der Waals surface area contributed by atoms with Crippen LogP contribution in [0.5, 0.6) is 0 Å². The second kappa shape index (κ2) is 10.8. The zero-order valence-corrected chi connectivity index (χ0v) is 22.3. The number of carboxylic acid groups (broad SMARTS) is 1. The van der Waals surface area contributed by atoms with Gasteiger partial charge < -0.3 is 15.7 Å². The van der Waals surface area contributed by atoms with Gasteiger partial charge in [0.05, 0.1) is 33.8 Å². The molecule has 4 aromatic rings. The summed E-state index contributed by atoms with van der Waals surface area (Å²) in [5.74, 6) is -0.701. The van der Waals surface area contributed by atoms with E-state index in [-0.39, 0.29) is 16.9 Å². The molecule has 2 aromatic heterocycles. The molecule has 0 bridgehead atoms. The number of carbonyl (C=O) groups excluding carboxylic acids is 1. The first-order chi connectivity index (χ1) is 17.5. The number of hydrogen-bond donors (Lipinski definition) is 3. The van der Waals surface area contributed by atoms with Gasteiger partial charge in [0.1, 0.15) is 5.82 Å². The predicted octanol–water partition coefficient (Wildman–Crippen LogP) is 6.50. The van der Waals surface area contributed by atoms with Crippen LogP contribution >= 0.6 is 23.2 Å². The Balaban J connectivity index is 1.71. The SMILES string of the molecule is CC(C)(C)c1nc2c(C(=O)NC(CC(=O)O)c3ccc(Cl)c(Cl)c3)cccn2c1NCc1ccccc1. The molecule has 0 spiro atoms. The predicted molar refractivity (Wildman–Crippen MR) is 147 cm³/mol. The number of hydrogen-bond acceptors (Lipinski definition) is 4. The van der Waals surface area contributed by atoms with Crippen molar-refractivity contribution in [3.63, 3.8) is 0 Å². The number of benzene rings is 2. The second-order valence-corrected chi connectivity index (χ2v) is 10.6. The Hall–Kier alpha value is -3.55. The number of aliphatic carboxylic acids is 1. The van der Waals surface area contributed by atoms with Gasteiger partial charge in [0.15, 0.2) is 5.65 Å². The Bertz CT molecular complexity index is 1450. The van der Waals surface area contributed by atoms with Crippen molar-refractivity contribution in [2.45, 2.75) is 45.2 Å². The minimum absolute atomic E-state index is 0.281. The molecule has 192 valence electrons. The highest BCUT2D eigenvalue weighted by molar-refractivity contribution is 6.42. The summed E-state index contributed by atoms with van der Waals surface area (Å²) in [4.78, 5) is 29.9. The van der Waals surface area contributed by atoms with Gasteiger partial charge in [-0.3, -0.25) is 14.0 Å². The summed E-state index contributed by atoms with van der Waals surface area (Å²) in [6.07, 6.45) is 1.54. The number of amides is 1. The number of pyridine rings is 1. The summed E-state index contributed by atoms with van der Waals surface area (Å²) in [5, 5.41) is 16.4. The monoisotopic (exact) mass is 538 g/mol. The topological polar surface area (TPSA) is 95.7 Å². The van der Waals surface area contributed by atoms with Gasteiger partial charge in [0.2, 0.25) is 0 Å². The van der Waals surface area contributed by atoms with Gasteiger partial charge in [-0.2, -0.15) is 0 Å². The van der Waals surface area contributed by atoms with E-state index in [2.05, 4.69) is 31.4 Å². The number of carboxylic acids is 1. The van der Waals surface area contributed by atoms with Crippen molar-refractivity contribution >= 4 is 46.5 Å². The van der Waals surface area contributed by atoms with Crippen LogP contribution in [0, 0.1) is 0 Å². The van der Waals surface area contributed by atoms with E-state index in [4.69, 9.17) is 28.2 Å². The van der Waals surface area contributed by atoms with Gasteiger partial charge in [-0.25, -0.2) is 4.98 Å². The molecule has 37 heavy (non-hydrogen) atoms. The third-order valence-corrected chi connectivity index (χ3v) is 6.68. The van der Waals surface area contributed by atoms with E-state index in [1.807, 2.05) is 40.9 Å². The van der Waals surface area contributed by atoms with Crippen LogP contribution in [0.25, 0.3) is 5.65 Å². The number of aromatic nitrogens is 2. The fraction of sp³-hybridized carbons (Fsp3) is 0.250. The van der Waals surface area contributed by atoms with E-state index in [0.29, 0.717) is 28.3 Å². The highest BCUT2D eigenvalue weighted by Gasteiger charge is 2.27. The Morgan fingerprint density at radius 3 is 2.41 bits per heavy atom. The lowest BCUT2D eigenvalue weighted by Gasteiger charge is -2.19. The maximum atomic E-state index is 13.5. The Morgan fingerprint density at radius 1 is 1.03 bits per heavy atom. The summed E-state index contributed by atoms with van der Waals surface area (Å²) in [5.41, 5.74) is 2.98. The van der Waals surface area contributed by atoms with Crippen LogP contribution in [-0.4, -0.2) is 26.4 Å². The summed E-state index contributed by atoms with van der Waals surface area (Å²) < 4.78 is 1.86. The minimum atomic E-state index is -1.06. The van der Waals surface area contributed by atoms with Gasteiger partial charge in [0, 0.05) is 18.2 Å². The number of anilines is 1. The zero-order valence-electron chi connectivity index (χ0n) is 20.8.